The van der Waals surface area contributed by atoms with Crippen molar-refractivity contribution in [3.05, 3.63) is 47.0 Å². The van der Waals surface area contributed by atoms with Gasteiger partial charge >= 0.3 is 0 Å². The zero-order valence-electron chi connectivity index (χ0n) is 9.77. The average Bonchev–Trinajstić information content (AvgIpc) is 2.71. The molecule has 3 nitrogen and oxygen atoms in total. The topological polar surface area (TPSA) is 52.0 Å². The van der Waals surface area contributed by atoms with Crippen molar-refractivity contribution in [2.75, 3.05) is 5.73 Å². The maximum Gasteiger partial charge on any atom is 0.227 e. The van der Waals surface area contributed by atoms with E-state index in [2.05, 4.69) is 4.98 Å². The molecule has 0 saturated heterocycles. The van der Waals surface area contributed by atoms with Crippen molar-refractivity contribution >= 4 is 28.4 Å². The van der Waals surface area contributed by atoms with Gasteiger partial charge in [0, 0.05) is 16.3 Å². The van der Waals surface area contributed by atoms with E-state index in [1.54, 1.807) is 12.1 Å². The van der Waals surface area contributed by atoms with Crippen LogP contribution in [0.1, 0.15) is 5.56 Å². The monoisotopic (exact) mass is 258 g/mol. The van der Waals surface area contributed by atoms with Crippen molar-refractivity contribution in [3.8, 4) is 11.5 Å². The van der Waals surface area contributed by atoms with Gasteiger partial charge in [-0.1, -0.05) is 11.6 Å². The minimum absolute atomic E-state index is 0.588. The summed E-state index contributed by atoms with van der Waals surface area (Å²) in [6, 6.07) is 11.0. The molecule has 0 atom stereocenters. The van der Waals surface area contributed by atoms with Crippen LogP contribution in [-0.2, 0) is 0 Å². The van der Waals surface area contributed by atoms with E-state index in [1.165, 1.54) is 0 Å². The maximum absolute atomic E-state index is 5.94. The first-order valence-electron chi connectivity index (χ1n) is 5.56. The van der Waals surface area contributed by atoms with E-state index in [9.17, 15) is 0 Å². The predicted octanol–water partition coefficient (Wildman–Crippen LogP) is 4.04. The SMILES string of the molecule is Cc1cc(Cl)ccc1-c1nc2cc(N)ccc2o1. The zero-order valence-corrected chi connectivity index (χ0v) is 10.5. The third-order valence-corrected chi connectivity index (χ3v) is 3.07. The van der Waals surface area contributed by atoms with Gasteiger partial charge in [0.25, 0.3) is 0 Å². The van der Waals surface area contributed by atoms with Gasteiger partial charge in [-0.2, -0.15) is 0 Å². The highest BCUT2D eigenvalue weighted by molar-refractivity contribution is 6.30. The molecule has 0 fully saturated rings. The van der Waals surface area contributed by atoms with Crippen molar-refractivity contribution < 1.29 is 4.42 Å². The molecular formula is C14H11ClN2O. The minimum atomic E-state index is 0.588. The van der Waals surface area contributed by atoms with Crippen molar-refractivity contribution in [2.45, 2.75) is 6.92 Å². The highest BCUT2D eigenvalue weighted by Gasteiger charge is 2.10. The molecule has 3 rings (SSSR count). The van der Waals surface area contributed by atoms with E-state index in [1.807, 2.05) is 31.2 Å². The molecule has 0 radical (unpaired) electrons. The largest absolute Gasteiger partial charge is 0.436 e. The fourth-order valence-electron chi connectivity index (χ4n) is 1.93. The molecule has 3 aromatic rings. The number of nitrogens with two attached hydrogens (primary N) is 1. The molecule has 90 valence electrons. The van der Waals surface area contributed by atoms with E-state index in [-0.39, 0.29) is 0 Å². The van der Waals surface area contributed by atoms with Crippen LogP contribution in [-0.4, -0.2) is 4.98 Å². The Kier molecular flexibility index (Phi) is 2.49. The highest BCUT2D eigenvalue weighted by atomic mass is 35.5. The number of anilines is 1. The Hall–Kier alpha value is -2.00. The number of rotatable bonds is 1. The maximum atomic E-state index is 5.94. The summed E-state index contributed by atoms with van der Waals surface area (Å²) in [5, 5.41) is 0.705. The van der Waals surface area contributed by atoms with Crippen molar-refractivity contribution in [1.82, 2.24) is 4.98 Å². The van der Waals surface area contributed by atoms with Crippen LogP contribution in [0.3, 0.4) is 0 Å². The van der Waals surface area contributed by atoms with Crippen molar-refractivity contribution in [1.29, 1.82) is 0 Å². The summed E-state index contributed by atoms with van der Waals surface area (Å²) < 4.78 is 5.72. The lowest BCUT2D eigenvalue weighted by Gasteiger charge is -2.00. The number of aromatic nitrogens is 1. The Labute approximate surface area is 109 Å². The number of aryl methyl sites for hydroxylation is 1. The lowest BCUT2D eigenvalue weighted by molar-refractivity contribution is 0.619. The molecule has 0 aliphatic heterocycles. The Morgan fingerprint density at radius 2 is 2.00 bits per heavy atom. The summed E-state index contributed by atoms with van der Waals surface area (Å²) in [5.74, 6) is 0.588. The normalized spacial score (nSPS) is 11.0. The van der Waals surface area contributed by atoms with Crippen LogP contribution in [0, 0.1) is 6.92 Å². The molecule has 0 aliphatic rings. The van der Waals surface area contributed by atoms with Gasteiger partial charge in [-0.25, -0.2) is 4.98 Å². The molecule has 4 heteroatoms. The molecule has 0 spiro atoms. The highest BCUT2D eigenvalue weighted by Crippen LogP contribution is 2.29. The summed E-state index contributed by atoms with van der Waals surface area (Å²) in [7, 11) is 0. The van der Waals surface area contributed by atoms with Crippen LogP contribution >= 0.6 is 11.6 Å². The Balaban J connectivity index is 2.19. The second-order valence-electron chi connectivity index (χ2n) is 4.21. The van der Waals surface area contributed by atoms with Gasteiger partial charge in [-0.15, -0.1) is 0 Å². The number of hydrogen-bond donors (Lipinski definition) is 1. The van der Waals surface area contributed by atoms with Gasteiger partial charge in [-0.05, 0) is 48.9 Å². The molecular weight excluding hydrogens is 248 g/mol. The van der Waals surface area contributed by atoms with Crippen LogP contribution in [0.2, 0.25) is 5.02 Å². The van der Waals surface area contributed by atoms with E-state index < -0.39 is 0 Å². The molecule has 18 heavy (non-hydrogen) atoms. The fraction of sp³-hybridized carbons (Fsp3) is 0.0714. The molecule has 0 saturated carbocycles. The Morgan fingerprint density at radius 3 is 2.78 bits per heavy atom. The van der Waals surface area contributed by atoms with Gasteiger partial charge in [0.05, 0.1) is 0 Å². The molecule has 2 aromatic carbocycles. The van der Waals surface area contributed by atoms with E-state index in [0.717, 1.165) is 22.2 Å². The van der Waals surface area contributed by atoms with Gasteiger partial charge in [0.15, 0.2) is 5.58 Å². The second kappa shape index (κ2) is 4.03. The number of oxazole rings is 1. The molecule has 0 unspecified atom stereocenters. The predicted molar refractivity (Wildman–Crippen MR) is 73.6 cm³/mol. The van der Waals surface area contributed by atoms with Gasteiger partial charge < -0.3 is 10.2 Å². The standard InChI is InChI=1S/C14H11ClN2O/c1-8-6-9(15)2-4-11(8)14-17-12-7-10(16)3-5-13(12)18-14/h2-7H,16H2,1H3. The van der Waals surface area contributed by atoms with Crippen LogP contribution in [0.5, 0.6) is 0 Å². The van der Waals surface area contributed by atoms with Crippen molar-refractivity contribution in [3.63, 3.8) is 0 Å². The quantitative estimate of drug-likeness (QED) is 0.670. The number of benzene rings is 2. The number of hydrogen-bond acceptors (Lipinski definition) is 3. The summed E-state index contributed by atoms with van der Waals surface area (Å²) >= 11 is 5.94. The summed E-state index contributed by atoms with van der Waals surface area (Å²) in [5.41, 5.74) is 9.86. The van der Waals surface area contributed by atoms with Crippen LogP contribution in [0.4, 0.5) is 5.69 Å². The van der Waals surface area contributed by atoms with Crippen LogP contribution in [0.15, 0.2) is 40.8 Å². The number of nitrogens with zero attached hydrogens (tertiary/aromatic N) is 1. The Morgan fingerprint density at radius 1 is 1.17 bits per heavy atom. The minimum Gasteiger partial charge on any atom is -0.436 e. The lowest BCUT2D eigenvalue weighted by atomic mass is 10.1. The summed E-state index contributed by atoms with van der Waals surface area (Å²) in [4.78, 5) is 4.44. The third-order valence-electron chi connectivity index (χ3n) is 2.83. The summed E-state index contributed by atoms with van der Waals surface area (Å²) in [6.07, 6.45) is 0. The van der Waals surface area contributed by atoms with Crippen LogP contribution < -0.4 is 5.73 Å². The first-order valence-corrected chi connectivity index (χ1v) is 5.94. The van der Waals surface area contributed by atoms with E-state index in [0.29, 0.717) is 16.6 Å². The first kappa shape index (κ1) is 11.1. The Bertz CT molecular complexity index is 734. The van der Waals surface area contributed by atoms with Crippen LogP contribution in [0.25, 0.3) is 22.6 Å². The molecule has 0 aliphatic carbocycles. The summed E-state index contributed by atoms with van der Waals surface area (Å²) in [6.45, 7) is 1.98. The average molecular weight is 259 g/mol. The van der Waals surface area contributed by atoms with Gasteiger partial charge in [0.1, 0.15) is 5.52 Å². The third kappa shape index (κ3) is 1.83. The molecule has 2 N–H and O–H groups in total. The second-order valence-corrected chi connectivity index (χ2v) is 4.64. The molecule has 0 amide bonds. The van der Waals surface area contributed by atoms with E-state index >= 15 is 0 Å². The lowest BCUT2D eigenvalue weighted by Crippen LogP contribution is -1.83. The molecule has 1 heterocycles. The fourth-order valence-corrected chi connectivity index (χ4v) is 2.15. The number of fused-ring (bicyclic) bond motifs is 1. The molecule has 0 bridgehead atoms. The number of halogens is 1. The number of nitrogen functional groups attached to an aromatic ring is 1. The van der Waals surface area contributed by atoms with Gasteiger partial charge in [0.2, 0.25) is 5.89 Å². The van der Waals surface area contributed by atoms with Crippen molar-refractivity contribution in [2.24, 2.45) is 0 Å². The smallest absolute Gasteiger partial charge is 0.227 e. The first-order chi connectivity index (χ1) is 8.63. The van der Waals surface area contributed by atoms with E-state index in [4.69, 9.17) is 21.8 Å². The van der Waals surface area contributed by atoms with Gasteiger partial charge in [-0.3, -0.25) is 0 Å². The molecule has 1 aromatic heterocycles. The zero-order chi connectivity index (χ0) is 12.7.